The number of nitrogens with one attached hydrogen (secondary N) is 1. The van der Waals surface area contributed by atoms with Crippen molar-refractivity contribution in [2.75, 3.05) is 18.8 Å². The molecule has 1 aliphatic heterocycles. The van der Waals surface area contributed by atoms with E-state index in [9.17, 15) is 13.2 Å². The van der Waals surface area contributed by atoms with E-state index < -0.39 is 9.84 Å². The lowest BCUT2D eigenvalue weighted by atomic mass is 9.84. The van der Waals surface area contributed by atoms with Gasteiger partial charge in [0.2, 0.25) is 0 Å². The van der Waals surface area contributed by atoms with Crippen LogP contribution >= 0.6 is 0 Å². The van der Waals surface area contributed by atoms with Crippen LogP contribution < -0.4 is 5.32 Å². The van der Waals surface area contributed by atoms with Crippen LogP contribution in [0.5, 0.6) is 0 Å². The van der Waals surface area contributed by atoms with Crippen molar-refractivity contribution in [2.24, 2.45) is 0 Å². The normalized spacial score (nSPS) is 20.1. The van der Waals surface area contributed by atoms with Gasteiger partial charge in [0.25, 0.3) is 0 Å². The van der Waals surface area contributed by atoms with Crippen molar-refractivity contribution >= 4 is 15.9 Å². The lowest BCUT2D eigenvalue weighted by Crippen LogP contribution is -2.38. The molecule has 2 amide bonds. The summed E-state index contributed by atoms with van der Waals surface area (Å²) < 4.78 is 24.1. The van der Waals surface area contributed by atoms with Crippen molar-refractivity contribution in [3.8, 4) is 0 Å². The number of nitrogens with zero attached hydrogens (tertiary/aromatic N) is 2. The molecular formula is C28H31N3O3S. The van der Waals surface area contributed by atoms with Crippen LogP contribution in [0.25, 0.3) is 0 Å². The van der Waals surface area contributed by atoms with Gasteiger partial charge < -0.3 is 10.2 Å². The molecule has 5 rings (SSSR count). The minimum atomic E-state index is -3.23. The van der Waals surface area contributed by atoms with Gasteiger partial charge in [0, 0.05) is 43.4 Å². The number of pyridine rings is 1. The third-order valence-electron chi connectivity index (χ3n) is 7.18. The number of aromatic nitrogens is 1. The van der Waals surface area contributed by atoms with E-state index in [0.29, 0.717) is 30.4 Å². The van der Waals surface area contributed by atoms with Gasteiger partial charge in [-0.15, -0.1) is 0 Å². The zero-order valence-electron chi connectivity index (χ0n) is 19.9. The number of rotatable bonds is 7. The number of hydrogen-bond donors (Lipinski definition) is 1. The SMILES string of the molecule is CCS(=O)(=O)c1ccc(CNC(=O)N2CC(c3ccccc3)C(c3ncccc3C3CC3)C2)cc1. The molecule has 35 heavy (non-hydrogen) atoms. The average molecular weight is 490 g/mol. The first-order valence-electron chi connectivity index (χ1n) is 12.3. The topological polar surface area (TPSA) is 79.4 Å². The fourth-order valence-corrected chi connectivity index (χ4v) is 5.92. The molecule has 2 heterocycles. The van der Waals surface area contributed by atoms with Crippen LogP contribution in [0.4, 0.5) is 4.79 Å². The third kappa shape index (κ3) is 5.10. The Hall–Kier alpha value is -3.19. The van der Waals surface area contributed by atoms with Crippen molar-refractivity contribution in [3.63, 3.8) is 0 Å². The molecule has 2 fully saturated rings. The largest absolute Gasteiger partial charge is 0.334 e. The van der Waals surface area contributed by atoms with E-state index in [1.54, 1.807) is 31.2 Å². The van der Waals surface area contributed by atoms with E-state index in [4.69, 9.17) is 4.98 Å². The number of sulfone groups is 1. The molecule has 2 aliphatic rings. The monoisotopic (exact) mass is 489 g/mol. The minimum Gasteiger partial charge on any atom is -0.334 e. The second kappa shape index (κ2) is 9.82. The Bertz CT molecular complexity index is 1290. The molecule has 6 nitrogen and oxygen atoms in total. The Kier molecular flexibility index (Phi) is 6.60. The highest BCUT2D eigenvalue weighted by molar-refractivity contribution is 7.91. The number of benzene rings is 2. The van der Waals surface area contributed by atoms with Crippen LogP contribution in [0.2, 0.25) is 0 Å². The minimum absolute atomic E-state index is 0.0700. The highest BCUT2D eigenvalue weighted by Gasteiger charge is 2.40. The van der Waals surface area contributed by atoms with E-state index in [2.05, 4.69) is 35.6 Å². The van der Waals surface area contributed by atoms with E-state index in [-0.39, 0.29) is 23.6 Å². The quantitative estimate of drug-likeness (QED) is 0.515. The Morgan fingerprint density at radius 3 is 2.37 bits per heavy atom. The van der Waals surface area contributed by atoms with Crippen molar-refractivity contribution < 1.29 is 13.2 Å². The van der Waals surface area contributed by atoms with Crippen molar-refractivity contribution in [1.82, 2.24) is 15.2 Å². The van der Waals surface area contributed by atoms with Gasteiger partial charge in [-0.3, -0.25) is 4.98 Å². The zero-order valence-corrected chi connectivity index (χ0v) is 20.7. The highest BCUT2D eigenvalue weighted by Crippen LogP contribution is 2.47. The van der Waals surface area contributed by atoms with Gasteiger partial charge in [0.1, 0.15) is 0 Å². The zero-order chi connectivity index (χ0) is 24.4. The number of carbonyl (C=O) groups is 1. The van der Waals surface area contributed by atoms with Crippen LogP contribution in [0.1, 0.15) is 59.9 Å². The Morgan fingerprint density at radius 1 is 0.971 bits per heavy atom. The predicted octanol–water partition coefficient (Wildman–Crippen LogP) is 4.85. The van der Waals surface area contributed by atoms with Crippen LogP contribution in [0, 0.1) is 0 Å². The average Bonchev–Trinajstić information content (AvgIpc) is 3.65. The molecule has 0 radical (unpaired) electrons. The summed E-state index contributed by atoms with van der Waals surface area (Å²) in [6.45, 7) is 3.23. The molecule has 1 aliphatic carbocycles. The number of hydrogen-bond acceptors (Lipinski definition) is 4. The molecular weight excluding hydrogens is 458 g/mol. The second-order valence-corrected chi connectivity index (χ2v) is 11.8. The number of likely N-dealkylation sites (tertiary alicyclic amines) is 1. The summed E-state index contributed by atoms with van der Waals surface area (Å²) in [6, 6.07) is 21.3. The maximum absolute atomic E-state index is 13.2. The lowest BCUT2D eigenvalue weighted by molar-refractivity contribution is 0.207. The summed E-state index contributed by atoms with van der Waals surface area (Å²) in [5.74, 6) is 1.00. The second-order valence-electron chi connectivity index (χ2n) is 9.49. The molecule has 0 spiro atoms. The standard InChI is InChI=1S/C28H31N3O3S/c1-2-35(33,34)23-14-10-20(11-15-23)17-30-28(32)31-18-25(21-7-4-3-5-8-21)26(19-31)27-24(22-12-13-22)9-6-16-29-27/h3-11,14-16,22,25-26H,2,12-13,17-19H2,1H3,(H,30,32). The summed E-state index contributed by atoms with van der Waals surface area (Å²) in [5.41, 5.74) is 4.56. The molecule has 1 aromatic heterocycles. The fourth-order valence-electron chi connectivity index (χ4n) is 5.03. The van der Waals surface area contributed by atoms with Gasteiger partial charge in [-0.2, -0.15) is 0 Å². The van der Waals surface area contributed by atoms with Crippen molar-refractivity contribution in [2.45, 2.75) is 49.0 Å². The number of amides is 2. The first-order chi connectivity index (χ1) is 17.0. The molecule has 1 saturated heterocycles. The maximum atomic E-state index is 13.2. The summed E-state index contributed by atoms with van der Waals surface area (Å²) >= 11 is 0. The van der Waals surface area contributed by atoms with E-state index in [1.165, 1.54) is 24.0 Å². The lowest BCUT2D eigenvalue weighted by Gasteiger charge is -2.20. The van der Waals surface area contributed by atoms with Crippen LogP contribution in [0.3, 0.4) is 0 Å². The van der Waals surface area contributed by atoms with Gasteiger partial charge >= 0.3 is 6.03 Å². The van der Waals surface area contributed by atoms with Crippen molar-refractivity contribution in [3.05, 3.63) is 95.3 Å². The van der Waals surface area contributed by atoms with Gasteiger partial charge in [0.05, 0.1) is 10.6 Å². The third-order valence-corrected chi connectivity index (χ3v) is 8.93. The molecule has 182 valence electrons. The van der Waals surface area contributed by atoms with Crippen LogP contribution in [-0.4, -0.2) is 43.2 Å². The predicted molar refractivity (Wildman–Crippen MR) is 136 cm³/mol. The summed E-state index contributed by atoms with van der Waals surface area (Å²) in [6.07, 6.45) is 4.29. The first-order valence-corrected chi connectivity index (χ1v) is 14.0. The van der Waals surface area contributed by atoms with Gasteiger partial charge in [-0.05, 0) is 53.6 Å². The molecule has 3 aromatic rings. The molecule has 1 saturated carbocycles. The number of urea groups is 1. The number of carbonyl (C=O) groups excluding carboxylic acids is 1. The first kappa shape index (κ1) is 23.5. The molecule has 2 atom stereocenters. The van der Waals surface area contributed by atoms with E-state index >= 15 is 0 Å². The maximum Gasteiger partial charge on any atom is 0.317 e. The van der Waals surface area contributed by atoms with Gasteiger partial charge in [0.15, 0.2) is 9.84 Å². The smallest absolute Gasteiger partial charge is 0.317 e. The van der Waals surface area contributed by atoms with E-state index in [1.807, 2.05) is 23.2 Å². The fraction of sp³-hybridized carbons (Fsp3) is 0.357. The molecule has 2 unspecified atom stereocenters. The van der Waals surface area contributed by atoms with Gasteiger partial charge in [-0.25, -0.2) is 13.2 Å². The summed E-state index contributed by atoms with van der Waals surface area (Å²) in [4.78, 5) is 20.2. The molecule has 2 aromatic carbocycles. The summed E-state index contributed by atoms with van der Waals surface area (Å²) in [7, 11) is -3.23. The molecule has 7 heteroatoms. The molecule has 1 N–H and O–H groups in total. The van der Waals surface area contributed by atoms with Crippen LogP contribution in [0.15, 0.2) is 77.8 Å². The Balaban J connectivity index is 1.32. The summed E-state index contributed by atoms with van der Waals surface area (Å²) in [5, 5.41) is 3.02. The highest BCUT2D eigenvalue weighted by atomic mass is 32.2. The Labute approximate surface area is 207 Å². The Morgan fingerprint density at radius 2 is 1.69 bits per heavy atom. The van der Waals surface area contributed by atoms with Crippen molar-refractivity contribution in [1.29, 1.82) is 0 Å². The van der Waals surface area contributed by atoms with Crippen LogP contribution in [-0.2, 0) is 16.4 Å². The molecule has 0 bridgehead atoms. The van der Waals surface area contributed by atoms with Gasteiger partial charge in [-0.1, -0.05) is 55.5 Å². The van der Waals surface area contributed by atoms with E-state index in [0.717, 1.165) is 11.3 Å².